The smallest absolute Gasteiger partial charge is 0.331 e. The number of aromatic nitrogens is 4. The van der Waals surface area contributed by atoms with Gasteiger partial charge in [-0.1, -0.05) is 109 Å². The van der Waals surface area contributed by atoms with Crippen LogP contribution < -0.4 is 28.2 Å². The molecule has 4 aromatic carbocycles. The number of aryl methyl sites for hydroxylation is 3. The Labute approximate surface area is 398 Å². The van der Waals surface area contributed by atoms with E-state index in [-0.39, 0.29) is 34.8 Å². The van der Waals surface area contributed by atoms with Crippen molar-refractivity contribution >= 4 is 42.9 Å². The van der Waals surface area contributed by atoms with E-state index in [1.54, 1.807) is 74.5 Å². The molecule has 0 amide bonds. The van der Waals surface area contributed by atoms with Crippen molar-refractivity contribution in [3.63, 3.8) is 0 Å². The van der Waals surface area contributed by atoms with Crippen LogP contribution in [0.25, 0.3) is 0 Å². The minimum absolute atomic E-state index is 0.0524. The number of hydrogen-bond donors (Lipinski definition) is 4. The average molecular weight is 982 g/mol. The summed E-state index contributed by atoms with van der Waals surface area (Å²) in [4.78, 5) is 72.8. The Balaban J connectivity index is 0.000000255. The quantitative estimate of drug-likeness (QED) is 0.0901. The van der Waals surface area contributed by atoms with Gasteiger partial charge in [0.2, 0.25) is 0 Å². The van der Waals surface area contributed by atoms with Crippen molar-refractivity contribution in [2.75, 3.05) is 0 Å². The fourth-order valence-electron chi connectivity index (χ4n) is 6.79. The summed E-state index contributed by atoms with van der Waals surface area (Å²) in [6.07, 6.45) is 2.90. The van der Waals surface area contributed by atoms with Crippen LogP contribution >= 0.6 is 0 Å². The topological polar surface area (TPSA) is 284 Å². The highest BCUT2D eigenvalue weighted by Crippen LogP contribution is 2.12. The molecule has 0 aliphatic heterocycles. The minimum atomic E-state index is -3.67. The number of aliphatic carboxylic acids is 1. The van der Waals surface area contributed by atoms with Gasteiger partial charge >= 0.3 is 17.3 Å². The molecule has 5 N–H and O–H groups in total. The molecule has 364 valence electrons. The minimum Gasteiger partial charge on any atom is -0.480 e. The standard InChI is InChI=1S/C25H27N3O5S.C15H16N2O6S.C9H12N2/c1-18(26)21-11-8-19(9-12-21)10-13-23(29)15-28-24(30)22(14-27(2)25(28)31)17-34(32,33)16-20-6-4-3-5-7-20;1-16-7-12(14(20)17(15(16)21)8-13(18)19)10-24(22,23)9-11-5-3-2-4-6-11;1-7(11)9-4-2-8(6-10)3-5-9/h3-9,11-12,14,26H,10,13,15-17H2,1-2H3;2-7H,8-10H2,1H3,(H,18,19);2-5,11H,6,10H2,1H3. The van der Waals surface area contributed by atoms with Gasteiger partial charge in [-0.05, 0) is 53.6 Å². The first-order chi connectivity index (χ1) is 32.5. The SMILES string of the molecule is CC(=N)c1ccc(CCC(=O)Cn2c(=O)c(CS(=O)(=O)Cc3ccccc3)cn(C)c2=O)cc1.CC(=N)c1ccc(CN)cc1.Cn1cc(CS(=O)(=O)Cc2ccccc2)c(=O)n(CC(=O)O)c1=O. The molecule has 2 heterocycles. The molecule has 0 unspecified atom stereocenters. The lowest BCUT2D eigenvalue weighted by Crippen LogP contribution is -2.42. The van der Waals surface area contributed by atoms with E-state index < -0.39 is 72.7 Å². The van der Waals surface area contributed by atoms with E-state index in [0.717, 1.165) is 42.2 Å². The maximum absolute atomic E-state index is 12.9. The molecule has 18 nitrogen and oxygen atoms in total. The van der Waals surface area contributed by atoms with Crippen molar-refractivity contribution in [3.8, 4) is 0 Å². The number of nitrogens with two attached hydrogens (primary N) is 1. The molecular formula is C49H55N7O11S2. The summed E-state index contributed by atoms with van der Waals surface area (Å²) in [5.74, 6) is -3.26. The van der Waals surface area contributed by atoms with Crippen molar-refractivity contribution in [1.82, 2.24) is 18.3 Å². The van der Waals surface area contributed by atoms with E-state index in [1.807, 2.05) is 48.5 Å². The van der Waals surface area contributed by atoms with Gasteiger partial charge in [-0.15, -0.1) is 0 Å². The van der Waals surface area contributed by atoms with Crippen molar-refractivity contribution in [2.45, 2.75) is 69.3 Å². The van der Waals surface area contributed by atoms with Crippen LogP contribution in [0.3, 0.4) is 0 Å². The Kier molecular flexibility index (Phi) is 19.3. The van der Waals surface area contributed by atoms with Crippen LogP contribution in [0.2, 0.25) is 0 Å². The Morgan fingerprint density at radius 2 is 0.928 bits per heavy atom. The van der Waals surface area contributed by atoms with E-state index in [0.29, 0.717) is 40.1 Å². The molecule has 0 aliphatic rings. The van der Waals surface area contributed by atoms with Crippen LogP contribution in [0.5, 0.6) is 0 Å². The number of sulfone groups is 2. The van der Waals surface area contributed by atoms with Gasteiger partial charge in [0.25, 0.3) is 11.1 Å². The first-order valence-electron chi connectivity index (χ1n) is 21.3. The fourth-order valence-corrected chi connectivity index (χ4v) is 9.73. The number of carbonyl (C=O) groups excluding carboxylic acids is 1. The number of carbonyl (C=O) groups is 2. The molecule has 0 atom stereocenters. The van der Waals surface area contributed by atoms with Gasteiger partial charge in [0.05, 0.1) is 29.6 Å². The third-order valence-electron chi connectivity index (χ3n) is 10.3. The molecule has 6 rings (SSSR count). The van der Waals surface area contributed by atoms with Gasteiger partial charge in [0, 0.05) is 62.0 Å². The van der Waals surface area contributed by atoms with Gasteiger partial charge in [-0.2, -0.15) is 0 Å². The highest BCUT2D eigenvalue weighted by Gasteiger charge is 2.21. The molecule has 0 saturated heterocycles. The zero-order valence-corrected chi connectivity index (χ0v) is 40.3. The highest BCUT2D eigenvalue weighted by atomic mass is 32.2. The molecule has 6 aromatic rings. The summed E-state index contributed by atoms with van der Waals surface area (Å²) in [6.45, 7) is 2.79. The number of carboxylic acid groups (broad SMARTS) is 1. The van der Waals surface area contributed by atoms with Crippen molar-refractivity contribution in [2.24, 2.45) is 19.8 Å². The van der Waals surface area contributed by atoms with Crippen LogP contribution in [0.4, 0.5) is 0 Å². The second kappa shape index (κ2) is 24.6. The first kappa shape index (κ1) is 54.2. The van der Waals surface area contributed by atoms with Gasteiger partial charge < -0.3 is 30.8 Å². The lowest BCUT2D eigenvalue weighted by molar-refractivity contribution is -0.137. The molecule has 0 aliphatic carbocycles. The van der Waals surface area contributed by atoms with Crippen molar-refractivity contribution < 1.29 is 31.5 Å². The number of hydrogen-bond acceptors (Lipinski definition) is 13. The summed E-state index contributed by atoms with van der Waals surface area (Å²) in [5.41, 5.74) is 8.05. The predicted octanol–water partition coefficient (Wildman–Crippen LogP) is 3.53. The summed E-state index contributed by atoms with van der Waals surface area (Å²) in [5, 5.41) is 23.8. The Morgan fingerprint density at radius 1 is 0.551 bits per heavy atom. The second-order valence-electron chi connectivity index (χ2n) is 16.2. The Bertz CT molecular complexity index is 3270. The van der Waals surface area contributed by atoms with Crippen LogP contribution in [0.15, 0.2) is 141 Å². The number of carboxylic acids is 1. The maximum atomic E-state index is 12.9. The zero-order valence-electron chi connectivity index (χ0n) is 38.6. The number of nitrogens with one attached hydrogen (secondary N) is 2. The van der Waals surface area contributed by atoms with Gasteiger partial charge in [0.1, 0.15) is 6.54 Å². The third-order valence-corrected chi connectivity index (χ3v) is 13.4. The van der Waals surface area contributed by atoms with Gasteiger partial charge in [0.15, 0.2) is 25.5 Å². The third kappa shape index (κ3) is 16.7. The van der Waals surface area contributed by atoms with Gasteiger partial charge in [-0.25, -0.2) is 31.0 Å². The monoisotopic (exact) mass is 981 g/mol. The van der Waals surface area contributed by atoms with Crippen LogP contribution in [-0.2, 0) is 92.4 Å². The lowest BCUT2D eigenvalue weighted by Gasteiger charge is -2.11. The Hall–Kier alpha value is -7.42. The second-order valence-corrected chi connectivity index (χ2v) is 20.3. The Morgan fingerprint density at radius 3 is 1.29 bits per heavy atom. The van der Waals surface area contributed by atoms with Crippen LogP contribution in [-0.4, -0.2) is 63.4 Å². The number of rotatable bonds is 18. The van der Waals surface area contributed by atoms with E-state index in [4.69, 9.17) is 21.7 Å². The maximum Gasteiger partial charge on any atom is 0.331 e. The molecular weight excluding hydrogens is 927 g/mol. The summed E-state index contributed by atoms with van der Waals surface area (Å²) in [6, 6.07) is 32.1. The van der Waals surface area contributed by atoms with Gasteiger partial charge in [-0.3, -0.25) is 23.7 Å². The zero-order chi connectivity index (χ0) is 51.1. The van der Waals surface area contributed by atoms with Crippen LogP contribution in [0, 0.1) is 10.8 Å². The fraction of sp³-hybridized carbons (Fsp3) is 0.265. The molecule has 0 spiro atoms. The molecule has 69 heavy (non-hydrogen) atoms. The molecule has 0 fully saturated rings. The first-order valence-corrected chi connectivity index (χ1v) is 24.9. The number of ketones is 1. The van der Waals surface area contributed by atoms with E-state index in [9.17, 15) is 45.6 Å². The van der Waals surface area contributed by atoms with E-state index in [1.165, 1.54) is 20.3 Å². The van der Waals surface area contributed by atoms with E-state index in [2.05, 4.69) is 0 Å². The molecule has 0 saturated carbocycles. The molecule has 20 heteroatoms. The molecule has 0 radical (unpaired) electrons. The largest absolute Gasteiger partial charge is 0.480 e. The van der Waals surface area contributed by atoms with Crippen molar-refractivity contribution in [1.29, 1.82) is 10.8 Å². The number of benzene rings is 4. The lowest BCUT2D eigenvalue weighted by atomic mass is 10.0. The summed E-state index contributed by atoms with van der Waals surface area (Å²) >= 11 is 0. The summed E-state index contributed by atoms with van der Waals surface area (Å²) < 4.78 is 53.4. The van der Waals surface area contributed by atoms with Crippen molar-refractivity contribution in [3.05, 3.63) is 208 Å². The average Bonchev–Trinajstić information content (AvgIpc) is 3.30. The molecule has 0 bridgehead atoms. The van der Waals surface area contributed by atoms with Crippen LogP contribution in [0.1, 0.15) is 64.8 Å². The molecule has 2 aromatic heterocycles. The predicted molar refractivity (Wildman–Crippen MR) is 264 cm³/mol. The summed E-state index contributed by atoms with van der Waals surface area (Å²) in [7, 11) is -4.58. The highest BCUT2D eigenvalue weighted by molar-refractivity contribution is 7.90. The number of Topliss-reactive ketones (excluding diaryl/α,β-unsaturated/α-hetero) is 1. The normalized spacial score (nSPS) is 11.1. The number of nitrogens with zero attached hydrogens (tertiary/aromatic N) is 4. The van der Waals surface area contributed by atoms with E-state index >= 15 is 0 Å².